The van der Waals surface area contributed by atoms with Gasteiger partial charge in [-0.3, -0.25) is 0 Å². The van der Waals surface area contributed by atoms with E-state index < -0.39 is 5.82 Å². The Bertz CT molecular complexity index is 547. The van der Waals surface area contributed by atoms with Gasteiger partial charge in [-0.2, -0.15) is 4.98 Å². The molecule has 1 aromatic heterocycles. The molecule has 2 aromatic rings. The number of nitrogens with one attached hydrogen (secondary N) is 1. The lowest BCUT2D eigenvalue weighted by molar-refractivity contribution is 0.185. The number of halogens is 1. The smallest absolute Gasteiger partial charge is 0.222 e. The van der Waals surface area contributed by atoms with Crippen molar-refractivity contribution in [3.05, 3.63) is 41.8 Å². The van der Waals surface area contributed by atoms with E-state index in [-0.39, 0.29) is 11.8 Å². The van der Waals surface area contributed by atoms with E-state index >= 15 is 0 Å². The summed E-state index contributed by atoms with van der Waals surface area (Å²) >= 11 is 0. The van der Waals surface area contributed by atoms with Crippen LogP contribution in [0.2, 0.25) is 0 Å². The largest absolute Gasteiger partial charge is 0.380 e. The first-order valence-corrected chi connectivity index (χ1v) is 5.32. The van der Waals surface area contributed by atoms with Crippen molar-refractivity contribution < 1.29 is 9.13 Å². The number of nitrogens with zero attached hydrogens (tertiary/aromatic N) is 2. The molecule has 3 N–H and O–H groups in total. The van der Waals surface area contributed by atoms with E-state index in [1.54, 1.807) is 7.11 Å². The van der Waals surface area contributed by atoms with Crippen molar-refractivity contribution in [1.82, 2.24) is 9.97 Å². The van der Waals surface area contributed by atoms with Crippen LogP contribution in [0.25, 0.3) is 0 Å². The Hall–Kier alpha value is -2.21. The average Bonchev–Trinajstić information content (AvgIpc) is 2.36. The van der Waals surface area contributed by atoms with Gasteiger partial charge in [-0.05, 0) is 6.07 Å². The van der Waals surface area contributed by atoms with E-state index in [4.69, 9.17) is 10.5 Å². The Labute approximate surface area is 104 Å². The van der Waals surface area contributed by atoms with Crippen LogP contribution in [-0.2, 0) is 11.3 Å². The summed E-state index contributed by atoms with van der Waals surface area (Å²) in [4.78, 5) is 7.38. The van der Waals surface area contributed by atoms with Gasteiger partial charge in [0.1, 0.15) is 0 Å². The third kappa shape index (κ3) is 2.72. The van der Waals surface area contributed by atoms with Gasteiger partial charge in [-0.25, -0.2) is 9.37 Å². The summed E-state index contributed by atoms with van der Waals surface area (Å²) in [6.45, 7) is 0.422. The molecule has 6 heteroatoms. The Kier molecular flexibility index (Phi) is 3.69. The highest BCUT2D eigenvalue weighted by molar-refractivity contribution is 5.61. The number of methoxy groups -OCH3 is 1. The number of aromatic nitrogens is 2. The molecule has 94 valence electrons. The number of nitrogen functional groups attached to an aromatic ring is 1. The lowest BCUT2D eigenvalue weighted by Gasteiger charge is -2.11. The van der Waals surface area contributed by atoms with Crippen LogP contribution < -0.4 is 11.1 Å². The first-order chi connectivity index (χ1) is 8.70. The highest BCUT2D eigenvalue weighted by Gasteiger charge is 2.08. The third-order valence-electron chi connectivity index (χ3n) is 2.33. The summed E-state index contributed by atoms with van der Waals surface area (Å²) in [5, 5.41) is 2.88. The second-order valence-corrected chi connectivity index (χ2v) is 3.64. The monoisotopic (exact) mass is 248 g/mol. The first kappa shape index (κ1) is 12.3. The fraction of sp³-hybridized carbons (Fsp3) is 0.167. The van der Waals surface area contributed by atoms with Crippen molar-refractivity contribution in [1.29, 1.82) is 0 Å². The fourth-order valence-corrected chi connectivity index (χ4v) is 1.52. The van der Waals surface area contributed by atoms with Gasteiger partial charge in [0.15, 0.2) is 11.6 Å². The van der Waals surface area contributed by atoms with Gasteiger partial charge in [0.05, 0.1) is 12.8 Å². The molecular weight excluding hydrogens is 235 g/mol. The SMILES string of the molecule is COCc1ccccc1Nc1nc(N)ncc1F. The van der Waals surface area contributed by atoms with E-state index in [1.807, 2.05) is 24.3 Å². The van der Waals surface area contributed by atoms with E-state index in [1.165, 1.54) is 0 Å². The molecule has 0 bridgehead atoms. The number of hydrogen-bond acceptors (Lipinski definition) is 5. The van der Waals surface area contributed by atoms with Crippen LogP contribution in [0.5, 0.6) is 0 Å². The number of ether oxygens (including phenoxy) is 1. The molecule has 0 spiro atoms. The maximum absolute atomic E-state index is 13.5. The Morgan fingerprint density at radius 3 is 2.94 bits per heavy atom. The predicted octanol–water partition coefficient (Wildman–Crippen LogP) is 2.09. The maximum Gasteiger partial charge on any atom is 0.222 e. The molecular formula is C12H13FN4O. The van der Waals surface area contributed by atoms with Crippen LogP contribution in [0.15, 0.2) is 30.5 Å². The predicted molar refractivity (Wildman–Crippen MR) is 66.8 cm³/mol. The fourth-order valence-electron chi connectivity index (χ4n) is 1.52. The minimum absolute atomic E-state index is 0.0168. The first-order valence-electron chi connectivity index (χ1n) is 5.32. The summed E-state index contributed by atoms with van der Waals surface area (Å²) in [6, 6.07) is 7.41. The van der Waals surface area contributed by atoms with Crippen molar-refractivity contribution in [2.75, 3.05) is 18.2 Å². The summed E-state index contributed by atoms with van der Waals surface area (Å²) in [5.41, 5.74) is 7.04. The van der Waals surface area contributed by atoms with Gasteiger partial charge in [0.25, 0.3) is 0 Å². The zero-order valence-electron chi connectivity index (χ0n) is 9.85. The second-order valence-electron chi connectivity index (χ2n) is 3.64. The van der Waals surface area contributed by atoms with Crippen LogP contribution in [0, 0.1) is 5.82 Å². The molecule has 2 rings (SSSR count). The van der Waals surface area contributed by atoms with E-state index in [0.717, 1.165) is 17.4 Å². The molecule has 0 aliphatic rings. The average molecular weight is 248 g/mol. The van der Waals surface area contributed by atoms with E-state index in [9.17, 15) is 4.39 Å². The summed E-state index contributed by atoms with van der Waals surface area (Å²) in [5.74, 6) is -0.495. The molecule has 0 fully saturated rings. The number of rotatable bonds is 4. The number of hydrogen-bond donors (Lipinski definition) is 2. The van der Waals surface area contributed by atoms with Gasteiger partial charge >= 0.3 is 0 Å². The second kappa shape index (κ2) is 5.42. The van der Waals surface area contributed by atoms with E-state index in [2.05, 4.69) is 15.3 Å². The van der Waals surface area contributed by atoms with Gasteiger partial charge in [0, 0.05) is 18.4 Å². The van der Waals surface area contributed by atoms with Crippen LogP contribution in [-0.4, -0.2) is 17.1 Å². The number of para-hydroxylation sites is 1. The van der Waals surface area contributed by atoms with Gasteiger partial charge in [0.2, 0.25) is 5.95 Å². The van der Waals surface area contributed by atoms with Gasteiger partial charge < -0.3 is 15.8 Å². The highest BCUT2D eigenvalue weighted by Crippen LogP contribution is 2.22. The molecule has 0 saturated carbocycles. The number of benzene rings is 1. The summed E-state index contributed by atoms with van der Waals surface area (Å²) in [6.07, 6.45) is 1.03. The lowest BCUT2D eigenvalue weighted by atomic mass is 10.2. The van der Waals surface area contributed by atoms with Gasteiger partial charge in [-0.15, -0.1) is 0 Å². The normalized spacial score (nSPS) is 10.3. The molecule has 0 unspecified atom stereocenters. The standard InChI is InChI=1S/C12H13FN4O/c1-18-7-8-4-2-3-5-10(8)16-11-9(13)6-15-12(14)17-11/h2-6H,7H2,1H3,(H3,14,15,16,17). The van der Waals surface area contributed by atoms with Crippen LogP contribution in [0.3, 0.4) is 0 Å². The molecule has 0 amide bonds. The number of nitrogens with two attached hydrogens (primary N) is 1. The number of anilines is 3. The van der Waals surface area contributed by atoms with Crippen LogP contribution >= 0.6 is 0 Å². The van der Waals surface area contributed by atoms with Gasteiger partial charge in [-0.1, -0.05) is 18.2 Å². The Morgan fingerprint density at radius 1 is 1.39 bits per heavy atom. The molecule has 0 aliphatic heterocycles. The molecule has 1 aromatic carbocycles. The van der Waals surface area contributed by atoms with Crippen molar-refractivity contribution in [3.8, 4) is 0 Å². The van der Waals surface area contributed by atoms with Crippen molar-refractivity contribution in [2.24, 2.45) is 0 Å². The zero-order chi connectivity index (χ0) is 13.0. The Balaban J connectivity index is 2.30. The molecule has 5 nitrogen and oxygen atoms in total. The molecule has 0 radical (unpaired) electrons. The third-order valence-corrected chi connectivity index (χ3v) is 2.33. The summed E-state index contributed by atoms with van der Waals surface area (Å²) < 4.78 is 18.6. The highest BCUT2D eigenvalue weighted by atomic mass is 19.1. The van der Waals surface area contributed by atoms with Crippen molar-refractivity contribution >= 4 is 17.5 Å². The topological polar surface area (TPSA) is 73.1 Å². The Morgan fingerprint density at radius 2 is 2.17 bits per heavy atom. The molecule has 0 saturated heterocycles. The minimum Gasteiger partial charge on any atom is -0.380 e. The molecule has 0 aliphatic carbocycles. The zero-order valence-corrected chi connectivity index (χ0v) is 9.85. The van der Waals surface area contributed by atoms with Crippen LogP contribution in [0.1, 0.15) is 5.56 Å². The van der Waals surface area contributed by atoms with Crippen molar-refractivity contribution in [2.45, 2.75) is 6.61 Å². The quantitative estimate of drug-likeness (QED) is 0.866. The summed E-state index contributed by atoms with van der Waals surface area (Å²) in [7, 11) is 1.60. The molecule has 18 heavy (non-hydrogen) atoms. The molecule has 0 atom stereocenters. The minimum atomic E-state index is -0.559. The molecule has 1 heterocycles. The van der Waals surface area contributed by atoms with Crippen LogP contribution in [0.4, 0.5) is 21.8 Å². The van der Waals surface area contributed by atoms with Crippen molar-refractivity contribution in [3.63, 3.8) is 0 Å². The maximum atomic E-state index is 13.5. The lowest BCUT2D eigenvalue weighted by Crippen LogP contribution is -2.04. The van der Waals surface area contributed by atoms with E-state index in [0.29, 0.717) is 6.61 Å².